The van der Waals surface area contributed by atoms with E-state index in [1.54, 1.807) is 0 Å². The summed E-state index contributed by atoms with van der Waals surface area (Å²) < 4.78 is 0.993. The van der Waals surface area contributed by atoms with E-state index in [1.165, 1.54) is 22.6 Å². The molecule has 1 aliphatic rings. The molecule has 1 N–H and O–H groups in total. The maximum Gasteiger partial charge on any atom is 0.264 e. The molecule has 0 radical (unpaired) electrons. The van der Waals surface area contributed by atoms with Crippen LogP contribution in [0.2, 0.25) is 0 Å². The summed E-state index contributed by atoms with van der Waals surface area (Å²) in [7, 11) is 0. The summed E-state index contributed by atoms with van der Waals surface area (Å²) in [5.74, 6) is 0.142. The van der Waals surface area contributed by atoms with Crippen LogP contribution in [0.15, 0.2) is 28.2 Å². The third-order valence-electron chi connectivity index (χ3n) is 2.97. The second-order valence-corrected chi connectivity index (χ2v) is 5.88. The van der Waals surface area contributed by atoms with Crippen LogP contribution < -0.4 is 0 Å². The van der Waals surface area contributed by atoms with E-state index in [9.17, 15) is 4.79 Å². The molecule has 17 heavy (non-hydrogen) atoms. The number of nitrogens with one attached hydrogen (secondary N) is 1. The molecule has 0 spiro atoms. The zero-order chi connectivity index (χ0) is 11.8. The van der Waals surface area contributed by atoms with Gasteiger partial charge in [0.25, 0.3) is 5.91 Å². The Kier molecular flexibility index (Phi) is 2.80. The van der Waals surface area contributed by atoms with Gasteiger partial charge in [-0.1, -0.05) is 6.07 Å². The van der Waals surface area contributed by atoms with Gasteiger partial charge >= 0.3 is 0 Å². The second-order valence-electron chi connectivity index (χ2n) is 4.08. The number of thiophene rings is 1. The molecule has 0 saturated heterocycles. The Hall–Kier alpha value is -1.07. The van der Waals surface area contributed by atoms with Crippen molar-refractivity contribution in [1.82, 2.24) is 9.88 Å². The molecule has 0 aliphatic carbocycles. The first-order valence-corrected chi connectivity index (χ1v) is 7.10. The van der Waals surface area contributed by atoms with Crippen LogP contribution >= 0.6 is 27.3 Å². The fourth-order valence-corrected chi connectivity index (χ4v) is 3.33. The highest BCUT2D eigenvalue weighted by Gasteiger charge is 2.23. The predicted octanol–water partition coefficient (Wildman–Crippen LogP) is 3.04. The first-order valence-electron chi connectivity index (χ1n) is 5.43. The third kappa shape index (κ3) is 2.05. The molecule has 0 saturated carbocycles. The number of hydrogen-bond donors (Lipinski definition) is 1. The summed E-state index contributed by atoms with van der Waals surface area (Å²) in [4.78, 5) is 18.2. The van der Waals surface area contributed by atoms with E-state index in [1.807, 2.05) is 22.4 Å². The van der Waals surface area contributed by atoms with Crippen LogP contribution in [0.3, 0.4) is 0 Å². The Morgan fingerprint density at radius 2 is 2.41 bits per heavy atom. The lowest BCUT2D eigenvalue weighted by atomic mass is 10.1. The highest BCUT2D eigenvalue weighted by Crippen LogP contribution is 2.24. The molecule has 0 aromatic carbocycles. The quantitative estimate of drug-likeness (QED) is 0.863. The van der Waals surface area contributed by atoms with Crippen molar-refractivity contribution < 1.29 is 4.79 Å². The van der Waals surface area contributed by atoms with Gasteiger partial charge in [0.1, 0.15) is 0 Å². The molecule has 3 nitrogen and oxygen atoms in total. The molecule has 2 aromatic rings. The normalized spacial score (nSPS) is 14.8. The molecular formula is C12H11BrN2OS. The van der Waals surface area contributed by atoms with E-state index in [0.717, 1.165) is 22.4 Å². The minimum Gasteiger partial charge on any atom is -0.353 e. The first-order chi connectivity index (χ1) is 8.24. The zero-order valence-corrected chi connectivity index (χ0v) is 11.5. The average Bonchev–Trinajstić information content (AvgIpc) is 2.94. The van der Waals surface area contributed by atoms with Gasteiger partial charge in [0.05, 0.1) is 9.48 Å². The molecule has 1 amide bonds. The lowest BCUT2D eigenvalue weighted by Crippen LogP contribution is -2.35. The van der Waals surface area contributed by atoms with Crippen LogP contribution in [0.5, 0.6) is 0 Å². The smallest absolute Gasteiger partial charge is 0.264 e. The molecule has 88 valence electrons. The van der Waals surface area contributed by atoms with E-state index in [2.05, 4.69) is 27.0 Å². The highest BCUT2D eigenvalue weighted by atomic mass is 79.9. The highest BCUT2D eigenvalue weighted by molar-refractivity contribution is 9.10. The van der Waals surface area contributed by atoms with Gasteiger partial charge in [-0.25, -0.2) is 0 Å². The molecule has 2 aromatic heterocycles. The molecule has 0 atom stereocenters. The van der Waals surface area contributed by atoms with E-state index in [4.69, 9.17) is 0 Å². The number of carbonyl (C=O) groups excluding carboxylic acids is 1. The van der Waals surface area contributed by atoms with Gasteiger partial charge in [-0.15, -0.1) is 11.3 Å². The number of nitrogens with zero attached hydrogens (tertiary/aromatic N) is 1. The minimum atomic E-state index is 0.142. The van der Waals surface area contributed by atoms with Crippen molar-refractivity contribution in [1.29, 1.82) is 0 Å². The largest absolute Gasteiger partial charge is 0.353 e. The van der Waals surface area contributed by atoms with Gasteiger partial charge in [-0.3, -0.25) is 4.79 Å². The number of carbonyl (C=O) groups is 1. The van der Waals surface area contributed by atoms with E-state index in [0.29, 0.717) is 6.54 Å². The number of hydrogen-bond acceptors (Lipinski definition) is 2. The van der Waals surface area contributed by atoms with Crippen LogP contribution in [-0.4, -0.2) is 22.3 Å². The summed E-state index contributed by atoms with van der Waals surface area (Å²) in [6, 6.07) is 5.86. The number of H-pyrrole nitrogens is 1. The Balaban J connectivity index is 1.82. The van der Waals surface area contributed by atoms with Crippen LogP contribution in [0.4, 0.5) is 0 Å². The number of aromatic amines is 1. The molecular weight excluding hydrogens is 300 g/mol. The summed E-state index contributed by atoms with van der Waals surface area (Å²) in [5.41, 5.74) is 2.46. The maximum absolute atomic E-state index is 12.2. The number of fused-ring (bicyclic) bond motifs is 1. The Morgan fingerprint density at radius 3 is 3.18 bits per heavy atom. The van der Waals surface area contributed by atoms with E-state index >= 15 is 0 Å². The molecule has 0 bridgehead atoms. The molecule has 3 heterocycles. The van der Waals surface area contributed by atoms with Crippen LogP contribution in [0.1, 0.15) is 20.9 Å². The first kappa shape index (κ1) is 11.0. The van der Waals surface area contributed by atoms with Gasteiger partial charge in [0.2, 0.25) is 0 Å². The van der Waals surface area contributed by atoms with E-state index < -0.39 is 0 Å². The van der Waals surface area contributed by atoms with Gasteiger partial charge < -0.3 is 9.88 Å². The molecule has 3 rings (SSSR count). The Morgan fingerprint density at radius 1 is 1.53 bits per heavy atom. The summed E-state index contributed by atoms with van der Waals surface area (Å²) in [6.07, 6.45) is 0.901. The van der Waals surface area contributed by atoms with Crippen LogP contribution in [-0.2, 0) is 13.0 Å². The van der Waals surface area contributed by atoms with E-state index in [-0.39, 0.29) is 5.91 Å². The molecule has 0 fully saturated rings. The van der Waals surface area contributed by atoms with Gasteiger partial charge in [0, 0.05) is 25.2 Å². The number of rotatable bonds is 1. The standard InChI is InChI=1S/C12H11BrN2OS/c13-11-6-8-7-15(4-3-9(8)14-11)12(16)10-2-1-5-17-10/h1-2,5-6,14H,3-4,7H2. The number of amides is 1. The molecule has 0 unspecified atom stereocenters. The summed E-state index contributed by atoms with van der Waals surface area (Å²) >= 11 is 4.93. The molecule has 5 heteroatoms. The average molecular weight is 311 g/mol. The SMILES string of the molecule is O=C(c1cccs1)N1CCc2[nH]c(Br)cc2C1. The monoisotopic (exact) mass is 310 g/mol. The van der Waals surface area contributed by atoms with Crippen molar-refractivity contribution in [2.24, 2.45) is 0 Å². The van der Waals surface area contributed by atoms with Crippen LogP contribution in [0, 0.1) is 0 Å². The fraction of sp³-hybridized carbons (Fsp3) is 0.250. The van der Waals surface area contributed by atoms with Gasteiger partial charge in [0.15, 0.2) is 0 Å². The van der Waals surface area contributed by atoms with Crippen molar-refractivity contribution >= 4 is 33.2 Å². The van der Waals surface area contributed by atoms with Crippen molar-refractivity contribution in [2.75, 3.05) is 6.54 Å². The summed E-state index contributed by atoms with van der Waals surface area (Å²) in [6.45, 7) is 1.49. The van der Waals surface area contributed by atoms with Crippen molar-refractivity contribution in [2.45, 2.75) is 13.0 Å². The lowest BCUT2D eigenvalue weighted by Gasteiger charge is -2.26. The van der Waals surface area contributed by atoms with Gasteiger partial charge in [-0.2, -0.15) is 0 Å². The maximum atomic E-state index is 12.2. The lowest BCUT2D eigenvalue weighted by molar-refractivity contribution is 0.0739. The zero-order valence-electron chi connectivity index (χ0n) is 9.07. The third-order valence-corrected chi connectivity index (χ3v) is 4.26. The Bertz CT molecular complexity index is 547. The molecule has 1 aliphatic heterocycles. The summed E-state index contributed by atoms with van der Waals surface area (Å²) in [5, 5.41) is 1.94. The van der Waals surface area contributed by atoms with Gasteiger partial charge in [-0.05, 0) is 39.0 Å². The predicted molar refractivity (Wildman–Crippen MR) is 71.3 cm³/mol. The fourth-order valence-electron chi connectivity index (χ4n) is 2.13. The van der Waals surface area contributed by atoms with Crippen molar-refractivity contribution in [3.05, 3.63) is 44.3 Å². The van der Waals surface area contributed by atoms with Crippen molar-refractivity contribution in [3.63, 3.8) is 0 Å². The topological polar surface area (TPSA) is 36.1 Å². The number of halogens is 1. The number of aromatic nitrogens is 1. The van der Waals surface area contributed by atoms with Crippen LogP contribution in [0.25, 0.3) is 0 Å². The minimum absolute atomic E-state index is 0.142. The second kappa shape index (κ2) is 4.31. The van der Waals surface area contributed by atoms with Crippen molar-refractivity contribution in [3.8, 4) is 0 Å². The Labute approximate surface area is 112 Å².